The molecule has 124 valence electrons. The standard InChI is InChI=1S/C18H18N2O4/c1-11-16(24-15-8-3-2-7-14(15)23-11)18(22)20-10-12-5-4-6-13(9-12)17(19)21/h2-9,11,16H,10H2,1H3,(H2,19,21)(H,20,22)/t11-,16+/m1/s1. The topological polar surface area (TPSA) is 90.7 Å². The van der Waals surface area contributed by atoms with Gasteiger partial charge in [-0.1, -0.05) is 24.3 Å². The average molecular weight is 326 g/mol. The summed E-state index contributed by atoms with van der Waals surface area (Å²) in [7, 11) is 0. The minimum absolute atomic E-state index is 0.272. The maximum Gasteiger partial charge on any atom is 0.265 e. The third-order valence-corrected chi connectivity index (χ3v) is 3.78. The highest BCUT2D eigenvalue weighted by Crippen LogP contribution is 2.33. The lowest BCUT2D eigenvalue weighted by molar-refractivity contribution is -0.133. The van der Waals surface area contributed by atoms with Crippen LogP contribution in [0.1, 0.15) is 22.8 Å². The molecule has 3 rings (SSSR count). The molecular weight excluding hydrogens is 308 g/mol. The molecule has 1 aliphatic rings. The summed E-state index contributed by atoms with van der Waals surface area (Å²) in [6.45, 7) is 2.06. The number of ether oxygens (including phenoxy) is 2. The summed E-state index contributed by atoms with van der Waals surface area (Å²) >= 11 is 0. The predicted molar refractivity (Wildman–Crippen MR) is 87.8 cm³/mol. The predicted octanol–water partition coefficient (Wildman–Crippen LogP) is 1.63. The molecule has 6 heteroatoms. The van der Waals surface area contributed by atoms with Crippen LogP contribution < -0.4 is 20.5 Å². The Morgan fingerprint density at radius 2 is 1.79 bits per heavy atom. The van der Waals surface area contributed by atoms with E-state index >= 15 is 0 Å². The first-order chi connectivity index (χ1) is 11.5. The average Bonchev–Trinajstić information content (AvgIpc) is 2.59. The van der Waals surface area contributed by atoms with Crippen molar-refractivity contribution < 1.29 is 19.1 Å². The molecule has 2 atom stereocenters. The van der Waals surface area contributed by atoms with Crippen LogP contribution in [0.3, 0.4) is 0 Å². The van der Waals surface area contributed by atoms with Gasteiger partial charge in [-0.2, -0.15) is 0 Å². The van der Waals surface area contributed by atoms with Gasteiger partial charge in [-0.3, -0.25) is 9.59 Å². The second-order valence-corrected chi connectivity index (χ2v) is 5.59. The normalized spacial score (nSPS) is 18.7. The summed E-state index contributed by atoms with van der Waals surface area (Å²) in [6, 6.07) is 14.0. The zero-order valence-corrected chi connectivity index (χ0v) is 13.2. The van der Waals surface area contributed by atoms with Crippen LogP contribution in [0.4, 0.5) is 0 Å². The van der Waals surface area contributed by atoms with E-state index in [1.807, 2.05) is 18.2 Å². The van der Waals surface area contributed by atoms with Gasteiger partial charge in [-0.15, -0.1) is 0 Å². The summed E-state index contributed by atoms with van der Waals surface area (Å²) in [6.07, 6.45) is -1.14. The molecule has 6 nitrogen and oxygen atoms in total. The van der Waals surface area contributed by atoms with Crippen molar-refractivity contribution in [3.05, 3.63) is 59.7 Å². The Bertz CT molecular complexity index is 775. The van der Waals surface area contributed by atoms with Crippen LogP contribution in [0.25, 0.3) is 0 Å². The number of primary amides is 1. The van der Waals surface area contributed by atoms with Crippen molar-refractivity contribution in [2.75, 3.05) is 0 Å². The number of nitrogens with one attached hydrogen (secondary N) is 1. The Labute approximate surface area is 139 Å². The fourth-order valence-corrected chi connectivity index (χ4v) is 2.53. The van der Waals surface area contributed by atoms with Gasteiger partial charge in [-0.05, 0) is 36.8 Å². The summed E-state index contributed by atoms with van der Waals surface area (Å²) in [4.78, 5) is 23.6. The van der Waals surface area contributed by atoms with Crippen LogP contribution in [-0.4, -0.2) is 24.0 Å². The molecule has 0 fully saturated rings. The number of nitrogens with two attached hydrogens (primary N) is 1. The number of carbonyl (C=O) groups excluding carboxylic acids is 2. The highest BCUT2D eigenvalue weighted by molar-refractivity contribution is 5.92. The van der Waals surface area contributed by atoms with Gasteiger partial charge in [0.25, 0.3) is 5.91 Å². The zero-order chi connectivity index (χ0) is 17.1. The van der Waals surface area contributed by atoms with Crippen molar-refractivity contribution in [2.24, 2.45) is 5.73 Å². The summed E-state index contributed by atoms with van der Waals surface area (Å²) in [5.41, 5.74) is 6.44. The summed E-state index contributed by atoms with van der Waals surface area (Å²) in [5, 5.41) is 2.80. The van der Waals surface area contributed by atoms with Gasteiger partial charge < -0.3 is 20.5 Å². The molecule has 3 N–H and O–H groups in total. The Hall–Kier alpha value is -3.02. The van der Waals surface area contributed by atoms with Crippen LogP contribution in [0.15, 0.2) is 48.5 Å². The van der Waals surface area contributed by atoms with E-state index in [1.54, 1.807) is 37.3 Å². The van der Waals surface area contributed by atoms with Gasteiger partial charge in [0.2, 0.25) is 12.0 Å². The monoisotopic (exact) mass is 326 g/mol. The molecular formula is C18H18N2O4. The SMILES string of the molecule is C[C@H]1Oc2ccccc2O[C@@H]1C(=O)NCc1cccc(C(N)=O)c1. The summed E-state index contributed by atoms with van der Waals surface area (Å²) in [5.74, 6) is 0.397. The van der Waals surface area contributed by atoms with Crippen molar-refractivity contribution in [3.63, 3.8) is 0 Å². The Balaban J connectivity index is 1.65. The lowest BCUT2D eigenvalue weighted by atomic mass is 10.1. The lowest BCUT2D eigenvalue weighted by Gasteiger charge is -2.31. The second kappa shape index (κ2) is 6.62. The number of para-hydroxylation sites is 2. The zero-order valence-electron chi connectivity index (χ0n) is 13.2. The lowest BCUT2D eigenvalue weighted by Crippen LogP contribution is -2.48. The molecule has 0 spiro atoms. The van der Waals surface area contributed by atoms with Crippen molar-refractivity contribution in [1.82, 2.24) is 5.32 Å². The number of fused-ring (bicyclic) bond motifs is 1. The van der Waals surface area contributed by atoms with E-state index in [2.05, 4.69) is 5.32 Å². The molecule has 0 saturated carbocycles. The summed E-state index contributed by atoms with van der Waals surface area (Å²) < 4.78 is 11.5. The van der Waals surface area contributed by atoms with Crippen LogP contribution >= 0.6 is 0 Å². The molecule has 0 unspecified atom stereocenters. The number of carbonyl (C=O) groups is 2. The van der Waals surface area contributed by atoms with Crippen molar-refractivity contribution >= 4 is 11.8 Å². The van der Waals surface area contributed by atoms with E-state index < -0.39 is 18.1 Å². The third kappa shape index (κ3) is 3.32. The minimum atomic E-state index is -0.737. The maximum absolute atomic E-state index is 12.4. The third-order valence-electron chi connectivity index (χ3n) is 3.78. The highest BCUT2D eigenvalue weighted by atomic mass is 16.6. The van der Waals surface area contributed by atoms with Gasteiger partial charge in [-0.25, -0.2) is 0 Å². The Kier molecular flexibility index (Phi) is 4.37. The fraction of sp³-hybridized carbons (Fsp3) is 0.222. The molecule has 0 saturated heterocycles. The first-order valence-electron chi connectivity index (χ1n) is 7.63. The smallest absolute Gasteiger partial charge is 0.265 e. The van der Waals surface area contributed by atoms with Crippen LogP contribution in [0.2, 0.25) is 0 Å². The quantitative estimate of drug-likeness (QED) is 0.893. The maximum atomic E-state index is 12.4. The molecule has 0 radical (unpaired) electrons. The molecule has 2 aromatic carbocycles. The van der Waals surface area contributed by atoms with E-state index in [0.29, 0.717) is 17.1 Å². The van der Waals surface area contributed by atoms with Gasteiger partial charge in [0.05, 0.1) is 0 Å². The molecule has 24 heavy (non-hydrogen) atoms. The molecule has 0 aromatic heterocycles. The largest absolute Gasteiger partial charge is 0.482 e. The van der Waals surface area contributed by atoms with Gasteiger partial charge in [0.1, 0.15) is 6.10 Å². The van der Waals surface area contributed by atoms with E-state index in [1.165, 1.54) is 0 Å². The van der Waals surface area contributed by atoms with Gasteiger partial charge in [0.15, 0.2) is 11.5 Å². The van der Waals surface area contributed by atoms with Crippen molar-refractivity contribution in [3.8, 4) is 11.5 Å². The highest BCUT2D eigenvalue weighted by Gasteiger charge is 2.33. The van der Waals surface area contributed by atoms with Crippen LogP contribution in [0.5, 0.6) is 11.5 Å². The number of hydrogen-bond donors (Lipinski definition) is 2. The van der Waals surface area contributed by atoms with E-state index in [-0.39, 0.29) is 12.5 Å². The van der Waals surface area contributed by atoms with Crippen LogP contribution in [-0.2, 0) is 11.3 Å². The van der Waals surface area contributed by atoms with E-state index in [0.717, 1.165) is 5.56 Å². The molecule has 0 bridgehead atoms. The van der Waals surface area contributed by atoms with Gasteiger partial charge >= 0.3 is 0 Å². The molecule has 2 amide bonds. The first-order valence-corrected chi connectivity index (χ1v) is 7.63. The van der Waals surface area contributed by atoms with Crippen molar-refractivity contribution in [2.45, 2.75) is 25.7 Å². The number of hydrogen-bond acceptors (Lipinski definition) is 4. The van der Waals surface area contributed by atoms with E-state index in [9.17, 15) is 9.59 Å². The second-order valence-electron chi connectivity index (χ2n) is 5.59. The Morgan fingerprint density at radius 1 is 1.08 bits per heavy atom. The molecule has 2 aromatic rings. The van der Waals surface area contributed by atoms with Crippen molar-refractivity contribution in [1.29, 1.82) is 0 Å². The Morgan fingerprint density at radius 3 is 2.50 bits per heavy atom. The molecule has 0 aliphatic carbocycles. The van der Waals surface area contributed by atoms with Gasteiger partial charge in [0, 0.05) is 12.1 Å². The molecule has 1 heterocycles. The molecule has 1 aliphatic heterocycles. The number of amides is 2. The van der Waals surface area contributed by atoms with Crippen LogP contribution in [0, 0.1) is 0 Å². The number of benzene rings is 2. The first kappa shape index (κ1) is 15.9. The minimum Gasteiger partial charge on any atom is -0.482 e. The fourth-order valence-electron chi connectivity index (χ4n) is 2.53. The number of rotatable bonds is 4. The van der Waals surface area contributed by atoms with E-state index in [4.69, 9.17) is 15.2 Å².